The molecule has 0 aliphatic heterocycles. The summed E-state index contributed by atoms with van der Waals surface area (Å²) in [6, 6.07) is 0. The predicted molar refractivity (Wildman–Crippen MR) is 86.6 cm³/mol. The van der Waals surface area contributed by atoms with Crippen LogP contribution in [0.2, 0.25) is 0 Å². The third-order valence-corrected chi connectivity index (χ3v) is 13.9. The van der Waals surface area contributed by atoms with Crippen molar-refractivity contribution in [1.82, 2.24) is 4.86 Å². The van der Waals surface area contributed by atoms with Crippen molar-refractivity contribution in [3.8, 4) is 0 Å². The Bertz CT molecular complexity index is 344. The zero-order chi connectivity index (χ0) is 13.5. The van der Waals surface area contributed by atoms with Crippen LogP contribution in [-0.4, -0.2) is 0 Å². The average molecular weight is 488 g/mol. The number of nitrogens with zero attached hydrogens (tertiary/aromatic N) is 1. The molecule has 0 fully saturated rings. The molecule has 0 aromatic rings. The van der Waals surface area contributed by atoms with Crippen LogP contribution >= 0.6 is 124 Å². The molecule has 0 amide bonds. The van der Waals surface area contributed by atoms with Gasteiger partial charge < -0.3 is 0 Å². The van der Waals surface area contributed by atoms with Crippen LogP contribution in [0, 0.1) is 0 Å². The van der Waals surface area contributed by atoms with E-state index in [-0.39, 0.29) is 8.06 Å². The molecule has 0 aromatic heterocycles. The summed E-state index contributed by atoms with van der Waals surface area (Å²) in [5, 5.41) is 0. The fourth-order valence-electron chi connectivity index (χ4n) is 0.371. The van der Waals surface area contributed by atoms with Gasteiger partial charge in [0.15, 0.2) is 0 Å². The first-order chi connectivity index (χ1) is 6.43. The first kappa shape index (κ1) is 19.8. The van der Waals surface area contributed by atoms with E-state index in [9.17, 15) is 4.57 Å². The molecule has 0 spiro atoms. The predicted octanol–water partition coefficient (Wildman–Crippen LogP) is 9.22. The van der Waals surface area contributed by atoms with Crippen molar-refractivity contribution in [2.24, 2.45) is 4.52 Å². The van der Waals surface area contributed by atoms with Gasteiger partial charge in [0.2, 0.25) is 0 Å². The summed E-state index contributed by atoms with van der Waals surface area (Å²) in [5.74, 6) is 0. The molecule has 0 saturated carbocycles. The summed E-state index contributed by atoms with van der Waals surface area (Å²) in [6.45, 7) is 0. The fraction of sp³-hybridized carbons (Fsp3) is 0. The third kappa shape index (κ3) is 12.8. The van der Waals surface area contributed by atoms with Crippen molar-refractivity contribution in [3.63, 3.8) is 0 Å². The average Bonchev–Trinajstić information content (AvgIpc) is 1.72. The van der Waals surface area contributed by atoms with E-state index < -0.39 is 14.7 Å². The quantitative estimate of drug-likeness (QED) is 0.401. The van der Waals surface area contributed by atoms with Gasteiger partial charge in [-0.2, -0.15) is 0 Å². The Labute approximate surface area is 136 Å². The molecule has 16 heavy (non-hydrogen) atoms. The van der Waals surface area contributed by atoms with Crippen LogP contribution in [0.15, 0.2) is 4.52 Å². The van der Waals surface area contributed by atoms with E-state index in [1.807, 2.05) is 4.86 Å². The monoisotopic (exact) mass is 484 g/mol. The Kier molecular flexibility index (Phi) is 6.81. The molecule has 0 radical (unpaired) electrons. The second-order valence-corrected chi connectivity index (χ2v) is 33.5. The van der Waals surface area contributed by atoms with Crippen LogP contribution in [0.25, 0.3) is 0 Å². The maximum atomic E-state index is 11.0. The van der Waals surface area contributed by atoms with E-state index in [1.54, 1.807) is 0 Å². The van der Waals surface area contributed by atoms with Gasteiger partial charge in [0.05, 0.1) is 0 Å². The number of nitrogens with one attached hydrogen (secondary N) is 1. The van der Waals surface area contributed by atoms with Crippen molar-refractivity contribution in [2.45, 2.75) is 0 Å². The molecule has 0 bridgehead atoms. The Hall–Kier alpha value is 3.76. The Morgan fingerprint density at radius 1 is 1.00 bits per heavy atom. The van der Waals surface area contributed by atoms with Gasteiger partial charge in [0.1, 0.15) is 0 Å². The first-order valence-electron chi connectivity index (χ1n) is 2.75. The van der Waals surface area contributed by atoms with Crippen LogP contribution in [0.3, 0.4) is 0 Å². The van der Waals surface area contributed by atoms with E-state index in [1.165, 1.54) is 0 Å². The summed E-state index contributed by atoms with van der Waals surface area (Å²) >= 11 is 49.6. The molecular formula is HCl9N2OP4. The van der Waals surface area contributed by atoms with Crippen LogP contribution < -0.4 is 4.86 Å². The summed E-state index contributed by atoms with van der Waals surface area (Å²) in [5.41, 5.74) is -3.56. The molecule has 100 valence electrons. The van der Waals surface area contributed by atoms with Gasteiger partial charge in [-0.3, -0.25) is 0 Å². The number of hydrogen-bond donors (Lipinski definition) is 1. The Morgan fingerprint density at radius 3 is 1.62 bits per heavy atom. The zero-order valence-electron chi connectivity index (χ0n) is 6.55. The van der Waals surface area contributed by atoms with E-state index in [0.29, 0.717) is 0 Å². The molecule has 0 heterocycles. The standard InChI is InChI=1S/Cl9HN2OP4/c1-14(2,12)13-10-16(7,8,9)11-15(3,4,5)6/h11H. The van der Waals surface area contributed by atoms with E-state index in [4.69, 9.17) is 101 Å². The van der Waals surface area contributed by atoms with Crippen LogP contribution in [-0.2, 0) is 4.57 Å². The molecule has 0 atom stereocenters. The maximum absolute atomic E-state index is 11.0. The van der Waals surface area contributed by atoms with Crippen LogP contribution in [0.5, 0.6) is 0 Å². The van der Waals surface area contributed by atoms with E-state index in [0.717, 1.165) is 0 Å². The summed E-state index contributed by atoms with van der Waals surface area (Å²) in [4.78, 5) is -2.50. The normalized spacial score (nSPS) is 20.1. The molecular weight excluding hydrogens is 487 g/mol. The molecule has 0 unspecified atom stereocenters. The second kappa shape index (κ2) is 5.51. The molecule has 0 rings (SSSR count). The molecule has 0 aromatic carbocycles. The summed E-state index contributed by atoms with van der Waals surface area (Å²) < 4.78 is 10.0. The van der Waals surface area contributed by atoms with Crippen molar-refractivity contribution < 1.29 is 4.57 Å². The van der Waals surface area contributed by atoms with Gasteiger partial charge in [-0.25, -0.2) is 0 Å². The van der Waals surface area contributed by atoms with E-state index >= 15 is 0 Å². The number of halogens is 9. The van der Waals surface area contributed by atoms with Crippen molar-refractivity contribution in [2.75, 3.05) is 0 Å². The molecule has 0 saturated heterocycles. The molecule has 0 aliphatic rings. The summed E-state index contributed by atoms with van der Waals surface area (Å²) in [6.07, 6.45) is 0. The molecule has 0 aliphatic carbocycles. The zero-order valence-corrected chi connectivity index (χ0v) is 16.9. The number of hydrogen-bond acceptors (Lipinski definition) is 3. The Morgan fingerprint density at radius 2 is 1.38 bits per heavy atom. The topological polar surface area (TPSA) is 41.5 Å². The first-order valence-corrected chi connectivity index (χ1v) is 18.6. The van der Waals surface area contributed by atoms with Crippen molar-refractivity contribution in [3.05, 3.63) is 0 Å². The summed E-state index contributed by atoms with van der Waals surface area (Å²) in [7, 11) is -0.345. The van der Waals surface area contributed by atoms with Gasteiger partial charge in [-0.1, -0.05) is 0 Å². The van der Waals surface area contributed by atoms with Gasteiger partial charge in [-0.15, -0.1) is 0 Å². The van der Waals surface area contributed by atoms with Gasteiger partial charge in [-0.05, 0) is 0 Å². The van der Waals surface area contributed by atoms with Crippen molar-refractivity contribution >= 4 is 124 Å². The SMILES string of the molecule is O=P(Cl)(Cl)P=NP(Cl)(Cl)(Cl)NP(Cl)(Cl)(Cl)Cl. The van der Waals surface area contributed by atoms with Crippen LogP contribution in [0.1, 0.15) is 0 Å². The second-order valence-electron chi connectivity index (χ2n) is 2.21. The van der Waals surface area contributed by atoms with Crippen LogP contribution in [0.4, 0.5) is 0 Å². The van der Waals surface area contributed by atoms with Gasteiger partial charge in [0.25, 0.3) is 0 Å². The fourth-order valence-corrected chi connectivity index (χ4v) is 23.4. The van der Waals surface area contributed by atoms with E-state index in [2.05, 4.69) is 4.52 Å². The Balaban J connectivity index is 5.16. The molecule has 3 nitrogen and oxygen atoms in total. The third-order valence-electron chi connectivity index (χ3n) is 0.600. The number of rotatable bonds is 4. The van der Waals surface area contributed by atoms with Gasteiger partial charge >= 0.3 is 138 Å². The molecule has 16 heteroatoms. The molecule has 1 N–H and O–H groups in total. The minimum absolute atomic E-state index is 0.345. The van der Waals surface area contributed by atoms with Gasteiger partial charge in [0, 0.05) is 0 Å². The van der Waals surface area contributed by atoms with Crippen molar-refractivity contribution in [1.29, 1.82) is 0 Å². The minimum atomic E-state index is -4.52.